The number of halogens is 1. The fourth-order valence-electron chi connectivity index (χ4n) is 1.28. The number of nitrogens with zero attached hydrogens (tertiary/aromatic N) is 2. The Kier molecular flexibility index (Phi) is 11.1. The molecule has 1 atom stereocenters. The lowest BCUT2D eigenvalue weighted by Crippen LogP contribution is -2.28. The van der Waals surface area contributed by atoms with Gasteiger partial charge in [-0.05, 0) is 6.92 Å². The molecule has 0 saturated carbocycles. The average Bonchev–Trinajstić information content (AvgIpc) is 2.90. The standard InChI is InChI=1S/C11H18N4O4S2.ClH/c1-3-19-9(17)6-20-11-15-14-10(21-11)13-8(16)4-7(5-12)18-2;/h7H,3-6,12H2,1-2H3,(H,13,14,16);1H. The van der Waals surface area contributed by atoms with E-state index in [0.717, 1.165) is 0 Å². The van der Waals surface area contributed by atoms with Crippen LogP contribution in [0.25, 0.3) is 0 Å². The SMILES string of the molecule is CCOC(=O)CSc1nnc(NC(=O)CC(CN)OC)s1.Cl. The molecular formula is C11H19ClN4O4S2. The van der Waals surface area contributed by atoms with Crippen molar-refractivity contribution in [1.29, 1.82) is 0 Å². The molecule has 1 heterocycles. The van der Waals surface area contributed by atoms with Crippen molar-refractivity contribution in [3.05, 3.63) is 0 Å². The number of nitrogens with one attached hydrogen (secondary N) is 1. The number of methoxy groups -OCH3 is 1. The molecule has 1 amide bonds. The normalized spacial score (nSPS) is 11.4. The molecule has 3 N–H and O–H groups in total. The van der Waals surface area contributed by atoms with Gasteiger partial charge in [-0.2, -0.15) is 0 Å². The Hall–Kier alpha value is -0.940. The number of ether oxygens (including phenoxy) is 2. The molecule has 11 heteroatoms. The molecule has 1 unspecified atom stereocenters. The Labute approximate surface area is 142 Å². The van der Waals surface area contributed by atoms with E-state index in [1.807, 2.05) is 0 Å². The third kappa shape index (κ3) is 7.90. The summed E-state index contributed by atoms with van der Waals surface area (Å²) in [6, 6.07) is 0. The highest BCUT2D eigenvalue weighted by atomic mass is 35.5. The second kappa shape index (κ2) is 11.6. The molecular weight excluding hydrogens is 352 g/mol. The van der Waals surface area contributed by atoms with Gasteiger partial charge in [-0.3, -0.25) is 9.59 Å². The van der Waals surface area contributed by atoms with E-state index >= 15 is 0 Å². The van der Waals surface area contributed by atoms with Crippen LogP contribution in [0.5, 0.6) is 0 Å². The Morgan fingerprint density at radius 3 is 2.77 bits per heavy atom. The largest absolute Gasteiger partial charge is 0.465 e. The van der Waals surface area contributed by atoms with Crippen LogP contribution in [0.15, 0.2) is 4.34 Å². The highest BCUT2D eigenvalue weighted by Gasteiger charge is 2.14. The lowest BCUT2D eigenvalue weighted by atomic mass is 10.2. The zero-order valence-corrected chi connectivity index (χ0v) is 14.7. The molecule has 22 heavy (non-hydrogen) atoms. The second-order valence-electron chi connectivity index (χ2n) is 3.81. The van der Waals surface area contributed by atoms with Crippen LogP contribution >= 0.6 is 35.5 Å². The van der Waals surface area contributed by atoms with Gasteiger partial charge in [0.15, 0.2) is 4.34 Å². The third-order valence-electron chi connectivity index (χ3n) is 2.28. The maximum absolute atomic E-state index is 11.7. The van der Waals surface area contributed by atoms with Gasteiger partial charge in [-0.25, -0.2) is 0 Å². The summed E-state index contributed by atoms with van der Waals surface area (Å²) in [6.45, 7) is 2.36. The van der Waals surface area contributed by atoms with Gasteiger partial charge in [0.05, 0.1) is 24.9 Å². The average molecular weight is 371 g/mol. The van der Waals surface area contributed by atoms with Crippen LogP contribution < -0.4 is 11.1 Å². The fraction of sp³-hybridized carbons (Fsp3) is 0.636. The lowest BCUT2D eigenvalue weighted by Gasteiger charge is -2.11. The van der Waals surface area contributed by atoms with Crippen molar-refractivity contribution in [2.45, 2.75) is 23.8 Å². The molecule has 0 aliphatic heterocycles. The molecule has 1 rings (SSSR count). The molecule has 0 saturated heterocycles. The van der Waals surface area contributed by atoms with Gasteiger partial charge < -0.3 is 20.5 Å². The minimum Gasteiger partial charge on any atom is -0.465 e. The van der Waals surface area contributed by atoms with Gasteiger partial charge in [0.2, 0.25) is 11.0 Å². The first-order chi connectivity index (χ1) is 10.1. The van der Waals surface area contributed by atoms with E-state index in [1.165, 1.54) is 30.2 Å². The molecule has 0 fully saturated rings. The molecule has 0 aromatic carbocycles. The number of aromatic nitrogens is 2. The predicted molar refractivity (Wildman–Crippen MR) is 87.6 cm³/mol. The topological polar surface area (TPSA) is 116 Å². The third-order valence-corrected chi connectivity index (χ3v) is 4.23. The first-order valence-corrected chi connectivity index (χ1v) is 8.03. The van der Waals surface area contributed by atoms with Gasteiger partial charge in [-0.1, -0.05) is 23.1 Å². The van der Waals surface area contributed by atoms with Crippen LogP contribution in [-0.4, -0.2) is 54.2 Å². The molecule has 126 valence electrons. The number of carbonyl (C=O) groups excluding carboxylic acids is 2. The quantitative estimate of drug-likeness (QED) is 0.374. The van der Waals surface area contributed by atoms with Crippen molar-refractivity contribution in [3.63, 3.8) is 0 Å². The van der Waals surface area contributed by atoms with E-state index in [0.29, 0.717) is 16.1 Å². The van der Waals surface area contributed by atoms with Crippen LogP contribution in [0.2, 0.25) is 0 Å². The molecule has 8 nitrogen and oxygen atoms in total. The van der Waals surface area contributed by atoms with Gasteiger partial charge in [-0.15, -0.1) is 22.6 Å². The number of nitrogens with two attached hydrogens (primary N) is 1. The number of hydrogen-bond donors (Lipinski definition) is 2. The highest BCUT2D eigenvalue weighted by Crippen LogP contribution is 2.25. The Morgan fingerprint density at radius 2 is 2.18 bits per heavy atom. The molecule has 1 aromatic rings. The number of amides is 1. The summed E-state index contributed by atoms with van der Waals surface area (Å²) in [5.41, 5.74) is 5.44. The summed E-state index contributed by atoms with van der Waals surface area (Å²) in [7, 11) is 1.50. The zero-order chi connectivity index (χ0) is 15.7. The summed E-state index contributed by atoms with van der Waals surface area (Å²) in [5.74, 6) is -0.394. The number of rotatable bonds is 9. The summed E-state index contributed by atoms with van der Waals surface area (Å²) >= 11 is 2.41. The first kappa shape index (κ1) is 21.1. The molecule has 0 bridgehead atoms. The van der Waals surface area contributed by atoms with Crippen molar-refractivity contribution >= 4 is 52.5 Å². The highest BCUT2D eigenvalue weighted by molar-refractivity contribution is 8.01. The molecule has 0 aliphatic rings. The van der Waals surface area contributed by atoms with E-state index < -0.39 is 0 Å². The van der Waals surface area contributed by atoms with Crippen LogP contribution in [0, 0.1) is 0 Å². The van der Waals surface area contributed by atoms with Crippen LogP contribution in [0.1, 0.15) is 13.3 Å². The smallest absolute Gasteiger partial charge is 0.316 e. The summed E-state index contributed by atoms with van der Waals surface area (Å²) in [4.78, 5) is 22.9. The minimum absolute atomic E-state index is 0. The Bertz CT molecular complexity index is 471. The fourth-order valence-corrected chi connectivity index (χ4v) is 2.85. The maximum Gasteiger partial charge on any atom is 0.316 e. The van der Waals surface area contributed by atoms with Crippen molar-refractivity contribution in [2.75, 3.05) is 31.3 Å². The van der Waals surface area contributed by atoms with Crippen molar-refractivity contribution in [2.24, 2.45) is 5.73 Å². The molecule has 0 radical (unpaired) electrons. The van der Waals surface area contributed by atoms with E-state index in [1.54, 1.807) is 6.92 Å². The first-order valence-electron chi connectivity index (χ1n) is 6.23. The number of thioether (sulfide) groups is 1. The lowest BCUT2D eigenvalue weighted by molar-refractivity contribution is -0.139. The number of carbonyl (C=O) groups is 2. The number of esters is 1. The Morgan fingerprint density at radius 1 is 1.45 bits per heavy atom. The van der Waals surface area contributed by atoms with Gasteiger partial charge in [0.25, 0.3) is 0 Å². The van der Waals surface area contributed by atoms with Crippen LogP contribution in [-0.2, 0) is 19.1 Å². The van der Waals surface area contributed by atoms with E-state index in [-0.39, 0.29) is 49.1 Å². The Balaban J connectivity index is 0.00000441. The van der Waals surface area contributed by atoms with Gasteiger partial charge in [0.1, 0.15) is 0 Å². The zero-order valence-electron chi connectivity index (χ0n) is 12.2. The second-order valence-corrected chi connectivity index (χ2v) is 6.01. The summed E-state index contributed by atoms with van der Waals surface area (Å²) < 4.78 is 10.4. The molecule has 0 spiro atoms. The predicted octanol–water partition coefficient (Wildman–Crippen LogP) is 0.917. The summed E-state index contributed by atoms with van der Waals surface area (Å²) in [5, 5.41) is 10.7. The van der Waals surface area contributed by atoms with E-state index in [9.17, 15) is 9.59 Å². The van der Waals surface area contributed by atoms with E-state index in [4.69, 9.17) is 15.2 Å². The van der Waals surface area contributed by atoms with Crippen molar-refractivity contribution in [3.8, 4) is 0 Å². The van der Waals surface area contributed by atoms with Gasteiger partial charge >= 0.3 is 5.97 Å². The van der Waals surface area contributed by atoms with Crippen molar-refractivity contribution < 1.29 is 19.1 Å². The number of anilines is 1. The molecule has 1 aromatic heterocycles. The van der Waals surface area contributed by atoms with Gasteiger partial charge in [0, 0.05) is 13.7 Å². The van der Waals surface area contributed by atoms with Crippen molar-refractivity contribution in [1.82, 2.24) is 10.2 Å². The van der Waals surface area contributed by atoms with Crippen LogP contribution in [0.4, 0.5) is 5.13 Å². The minimum atomic E-state index is -0.324. The maximum atomic E-state index is 11.7. The monoisotopic (exact) mass is 370 g/mol. The number of hydrogen-bond acceptors (Lipinski definition) is 9. The van der Waals surface area contributed by atoms with Crippen LogP contribution in [0.3, 0.4) is 0 Å². The molecule has 0 aliphatic carbocycles. The summed E-state index contributed by atoms with van der Waals surface area (Å²) in [6.07, 6.45) is -0.173. The van der Waals surface area contributed by atoms with E-state index in [2.05, 4.69) is 15.5 Å².